The smallest absolute Gasteiger partial charge is 0.309 e. The van der Waals surface area contributed by atoms with Gasteiger partial charge in [-0.3, -0.25) is 9.59 Å². The second-order valence-corrected chi connectivity index (χ2v) is 5.90. The number of aliphatic hydroxyl groups is 1. The molecule has 0 aromatic carbocycles. The highest BCUT2D eigenvalue weighted by Crippen LogP contribution is 2.28. The molecule has 1 N–H and O–H groups in total. The van der Waals surface area contributed by atoms with Crippen LogP contribution in [0.3, 0.4) is 0 Å². The fraction of sp³-hybridized carbons (Fsp3) is 0.556. The summed E-state index contributed by atoms with van der Waals surface area (Å²) in [7, 11) is 0. The molecule has 0 aromatic heterocycles. The molecule has 0 aliphatic rings. The van der Waals surface area contributed by atoms with Gasteiger partial charge in [0.25, 0.3) is 0 Å². The van der Waals surface area contributed by atoms with Crippen LogP contribution >= 0.6 is 0 Å². The summed E-state index contributed by atoms with van der Waals surface area (Å²) in [5.74, 6) is -15.5. The van der Waals surface area contributed by atoms with Crippen LogP contribution in [-0.4, -0.2) is 36.9 Å². The molecule has 0 radical (unpaired) electrons. The molecule has 0 amide bonds. The summed E-state index contributed by atoms with van der Waals surface area (Å²) in [6, 6.07) is 0. The van der Waals surface area contributed by atoms with Gasteiger partial charge in [-0.05, 0) is 12.8 Å². The van der Waals surface area contributed by atoms with Crippen LogP contribution in [0, 0.1) is 11.8 Å². The molecule has 0 aliphatic heterocycles. The van der Waals surface area contributed by atoms with Crippen LogP contribution in [0.4, 0.5) is 26.3 Å². The van der Waals surface area contributed by atoms with Crippen LogP contribution in [0.25, 0.3) is 0 Å². The summed E-state index contributed by atoms with van der Waals surface area (Å²) in [6.07, 6.45) is -0.625. The summed E-state index contributed by atoms with van der Waals surface area (Å²) in [6.45, 7) is 1.43. The first-order valence-corrected chi connectivity index (χ1v) is 8.60. The molecule has 0 bridgehead atoms. The highest BCUT2D eigenvalue weighted by atomic mass is 19.2. The van der Waals surface area contributed by atoms with Crippen LogP contribution < -0.4 is 0 Å². The fourth-order valence-electron chi connectivity index (χ4n) is 2.02. The highest BCUT2D eigenvalue weighted by Gasteiger charge is 2.27. The monoisotopic (exact) mass is 432 g/mol. The Hall–Kier alpha value is -2.30. The summed E-state index contributed by atoms with van der Waals surface area (Å²) in [4.78, 5) is 23.7. The molecule has 166 valence electrons. The van der Waals surface area contributed by atoms with E-state index in [1.807, 2.05) is 0 Å². The van der Waals surface area contributed by atoms with Crippen molar-refractivity contribution < 1.29 is 50.5 Å². The van der Waals surface area contributed by atoms with Gasteiger partial charge in [0.15, 0.2) is 29.1 Å². The zero-order valence-electron chi connectivity index (χ0n) is 15.8. The topological polar surface area (TPSA) is 72.8 Å². The van der Waals surface area contributed by atoms with Crippen molar-refractivity contribution in [2.75, 3.05) is 19.8 Å². The Balaban J connectivity index is 4.93. The van der Waals surface area contributed by atoms with E-state index in [1.54, 1.807) is 6.92 Å². The molecule has 0 saturated heterocycles. The first kappa shape index (κ1) is 26.7. The highest BCUT2D eigenvalue weighted by molar-refractivity contribution is 5.75. The van der Waals surface area contributed by atoms with E-state index in [0.717, 1.165) is 0 Å². The zero-order valence-corrected chi connectivity index (χ0v) is 15.8. The molecule has 2 atom stereocenters. The number of esters is 2. The van der Waals surface area contributed by atoms with E-state index in [-0.39, 0.29) is 32.5 Å². The molecule has 0 aliphatic carbocycles. The van der Waals surface area contributed by atoms with Crippen molar-refractivity contribution in [1.82, 2.24) is 0 Å². The van der Waals surface area contributed by atoms with Gasteiger partial charge in [0.05, 0.1) is 18.4 Å². The maximum Gasteiger partial charge on any atom is 0.309 e. The minimum absolute atomic E-state index is 0.00990. The summed E-state index contributed by atoms with van der Waals surface area (Å²) in [5, 5.41) is 8.62. The van der Waals surface area contributed by atoms with Crippen molar-refractivity contribution in [3.05, 3.63) is 35.5 Å². The zero-order chi connectivity index (χ0) is 22.6. The SMILES string of the molecule is CCC(CC(C)C(=O)OCCCO)C(=O)OC/C(F)=C(F)/C(F)=C(F)/C(F)=C/F. The number of hydrogen-bond acceptors (Lipinski definition) is 5. The van der Waals surface area contributed by atoms with Crippen molar-refractivity contribution in [2.24, 2.45) is 11.8 Å². The van der Waals surface area contributed by atoms with Gasteiger partial charge >= 0.3 is 11.9 Å². The Morgan fingerprint density at radius 1 is 1.00 bits per heavy atom. The Kier molecular flexibility index (Phi) is 12.7. The largest absolute Gasteiger partial charge is 0.465 e. The standard InChI is InChI=1S/C18H22F6O5/c1-3-11(7-10(2)17(26)28-6-4-5-25)18(27)29-9-13(21)15(23)16(24)14(22)12(20)8-19/h8,10-11,25H,3-7,9H2,1-2H3/b12-8-,15-13+,16-14+. The normalized spacial score (nSPS) is 15.8. The number of carbonyl (C=O) groups excluding carboxylic acids is 2. The first-order chi connectivity index (χ1) is 13.6. The summed E-state index contributed by atoms with van der Waals surface area (Å²) in [5.41, 5.74) is 0. The molecule has 29 heavy (non-hydrogen) atoms. The van der Waals surface area contributed by atoms with Crippen molar-refractivity contribution in [1.29, 1.82) is 0 Å². The minimum Gasteiger partial charge on any atom is -0.465 e. The number of ether oxygens (including phenoxy) is 2. The van der Waals surface area contributed by atoms with Gasteiger partial charge < -0.3 is 14.6 Å². The van der Waals surface area contributed by atoms with Crippen molar-refractivity contribution in [2.45, 2.75) is 33.1 Å². The van der Waals surface area contributed by atoms with Crippen molar-refractivity contribution in [3.63, 3.8) is 0 Å². The Labute approximate surface area is 163 Å². The van der Waals surface area contributed by atoms with E-state index in [2.05, 4.69) is 4.74 Å². The summed E-state index contributed by atoms with van der Waals surface area (Å²) >= 11 is 0. The fourth-order valence-corrected chi connectivity index (χ4v) is 2.02. The number of rotatable bonds is 12. The molecule has 0 fully saturated rings. The van der Waals surface area contributed by atoms with E-state index in [9.17, 15) is 35.9 Å². The lowest BCUT2D eigenvalue weighted by Crippen LogP contribution is -2.25. The second-order valence-electron chi connectivity index (χ2n) is 5.90. The lowest BCUT2D eigenvalue weighted by Gasteiger charge is -2.17. The van der Waals surface area contributed by atoms with E-state index >= 15 is 0 Å². The lowest BCUT2D eigenvalue weighted by molar-refractivity contribution is -0.152. The molecule has 0 rings (SSSR count). The lowest BCUT2D eigenvalue weighted by atomic mass is 9.94. The van der Waals surface area contributed by atoms with Gasteiger partial charge in [-0.1, -0.05) is 13.8 Å². The van der Waals surface area contributed by atoms with Gasteiger partial charge in [0.1, 0.15) is 12.9 Å². The average Bonchev–Trinajstić information content (AvgIpc) is 2.72. The molecule has 0 heterocycles. The van der Waals surface area contributed by atoms with Crippen LogP contribution in [0.5, 0.6) is 0 Å². The van der Waals surface area contributed by atoms with E-state index in [1.165, 1.54) is 6.92 Å². The average molecular weight is 432 g/mol. The number of aliphatic hydroxyl groups excluding tert-OH is 1. The Bertz CT molecular complexity index is 659. The van der Waals surface area contributed by atoms with E-state index < -0.39 is 65.8 Å². The number of hydrogen-bond donors (Lipinski definition) is 1. The maximum atomic E-state index is 13.5. The molecule has 5 nitrogen and oxygen atoms in total. The molecular weight excluding hydrogens is 410 g/mol. The number of carbonyl (C=O) groups is 2. The third-order valence-electron chi connectivity index (χ3n) is 3.68. The van der Waals surface area contributed by atoms with Gasteiger partial charge in [-0.25, -0.2) is 26.3 Å². The second kappa shape index (κ2) is 13.8. The molecule has 0 spiro atoms. The van der Waals surface area contributed by atoms with Crippen molar-refractivity contribution >= 4 is 11.9 Å². The molecule has 0 saturated carbocycles. The van der Waals surface area contributed by atoms with Crippen molar-refractivity contribution in [3.8, 4) is 0 Å². The Morgan fingerprint density at radius 2 is 1.62 bits per heavy atom. The third-order valence-corrected chi connectivity index (χ3v) is 3.68. The first-order valence-electron chi connectivity index (χ1n) is 8.60. The van der Waals surface area contributed by atoms with Gasteiger partial charge in [0, 0.05) is 13.0 Å². The predicted molar refractivity (Wildman–Crippen MR) is 90.0 cm³/mol. The molecule has 0 aromatic rings. The Morgan fingerprint density at radius 3 is 2.14 bits per heavy atom. The summed E-state index contributed by atoms with van der Waals surface area (Å²) < 4.78 is 86.7. The van der Waals surface area contributed by atoms with Crippen LogP contribution in [0.1, 0.15) is 33.1 Å². The van der Waals surface area contributed by atoms with Crippen LogP contribution in [0.15, 0.2) is 35.5 Å². The van der Waals surface area contributed by atoms with Gasteiger partial charge in [-0.2, -0.15) is 0 Å². The molecule has 11 heteroatoms. The minimum atomic E-state index is -2.63. The molecular formula is C18H22F6O5. The third kappa shape index (κ3) is 9.16. The van der Waals surface area contributed by atoms with Gasteiger partial charge in [-0.15, -0.1) is 0 Å². The van der Waals surface area contributed by atoms with E-state index in [0.29, 0.717) is 0 Å². The number of allylic oxidation sites excluding steroid dienone is 4. The van der Waals surface area contributed by atoms with Gasteiger partial charge in [0.2, 0.25) is 0 Å². The van der Waals surface area contributed by atoms with E-state index in [4.69, 9.17) is 9.84 Å². The number of halogens is 6. The predicted octanol–water partition coefficient (Wildman–Crippen LogP) is 4.59. The van der Waals surface area contributed by atoms with Crippen LogP contribution in [-0.2, 0) is 19.1 Å². The molecule has 2 unspecified atom stereocenters. The van der Waals surface area contributed by atoms with Crippen LogP contribution in [0.2, 0.25) is 0 Å². The maximum absolute atomic E-state index is 13.5. The quantitative estimate of drug-likeness (QED) is 0.211.